The molecule has 0 aliphatic rings. The maximum absolute atomic E-state index is 11.8. The molecule has 0 saturated heterocycles. The first-order valence-electron chi connectivity index (χ1n) is 5.54. The molecule has 0 radical (unpaired) electrons. The van der Waals surface area contributed by atoms with Crippen LogP contribution in [0, 0.1) is 0 Å². The van der Waals surface area contributed by atoms with Crippen molar-refractivity contribution >= 4 is 27.4 Å². The van der Waals surface area contributed by atoms with Gasteiger partial charge in [0, 0.05) is 28.0 Å². The number of benzene rings is 2. The molecule has 2 rings (SSSR count). The molecule has 1 N–H and O–H groups in total. The molecule has 0 unspecified atom stereocenters. The zero-order valence-electron chi connectivity index (χ0n) is 9.64. The van der Waals surface area contributed by atoms with Crippen LogP contribution in [0.25, 0.3) is 0 Å². The van der Waals surface area contributed by atoms with Crippen LogP contribution < -0.4 is 5.32 Å². The van der Waals surface area contributed by atoms with E-state index < -0.39 is 0 Å². The van der Waals surface area contributed by atoms with E-state index in [0.717, 1.165) is 10.2 Å². The standard InChI is InChI=1S/C15H12BrNO/c16-13-8-6-12(7-9-13)15(18)10-11-17-14-4-2-1-3-5-14/h1-11,17H. The number of para-hydroxylation sites is 1. The average Bonchev–Trinajstić information content (AvgIpc) is 2.40. The molecule has 0 spiro atoms. The highest BCUT2D eigenvalue weighted by Gasteiger charge is 2.00. The van der Waals surface area contributed by atoms with E-state index >= 15 is 0 Å². The SMILES string of the molecule is O=C(C=CNc1ccccc1)c1ccc(Br)cc1. The molecule has 3 heteroatoms. The summed E-state index contributed by atoms with van der Waals surface area (Å²) in [6, 6.07) is 17.0. The van der Waals surface area contributed by atoms with Gasteiger partial charge in [0.15, 0.2) is 5.78 Å². The van der Waals surface area contributed by atoms with E-state index in [9.17, 15) is 4.79 Å². The van der Waals surface area contributed by atoms with Crippen LogP contribution in [0.5, 0.6) is 0 Å². The summed E-state index contributed by atoms with van der Waals surface area (Å²) >= 11 is 3.34. The van der Waals surface area contributed by atoms with Crippen molar-refractivity contribution in [2.45, 2.75) is 0 Å². The molecule has 0 aliphatic carbocycles. The predicted octanol–water partition coefficient (Wildman–Crippen LogP) is 4.26. The van der Waals surface area contributed by atoms with Gasteiger partial charge in [-0.1, -0.05) is 34.1 Å². The second-order valence-electron chi connectivity index (χ2n) is 3.71. The summed E-state index contributed by atoms with van der Waals surface area (Å²) in [5.74, 6) is -0.0223. The second-order valence-corrected chi connectivity index (χ2v) is 4.63. The van der Waals surface area contributed by atoms with E-state index in [2.05, 4.69) is 21.2 Å². The van der Waals surface area contributed by atoms with E-state index in [0.29, 0.717) is 5.56 Å². The van der Waals surface area contributed by atoms with Crippen molar-refractivity contribution in [2.24, 2.45) is 0 Å². The zero-order chi connectivity index (χ0) is 12.8. The molecule has 0 amide bonds. The fourth-order valence-electron chi connectivity index (χ4n) is 1.46. The van der Waals surface area contributed by atoms with Gasteiger partial charge < -0.3 is 5.32 Å². The highest BCUT2D eigenvalue weighted by molar-refractivity contribution is 9.10. The van der Waals surface area contributed by atoms with E-state index in [-0.39, 0.29) is 5.78 Å². The molecule has 0 fully saturated rings. The third-order valence-corrected chi connectivity index (χ3v) is 2.92. The Hall–Kier alpha value is -1.87. The van der Waals surface area contributed by atoms with Crippen LogP contribution in [0.2, 0.25) is 0 Å². The topological polar surface area (TPSA) is 29.1 Å². The Kier molecular flexibility index (Phi) is 4.31. The lowest BCUT2D eigenvalue weighted by Gasteiger charge is -1.99. The minimum Gasteiger partial charge on any atom is -0.362 e. The van der Waals surface area contributed by atoms with Gasteiger partial charge in [0.2, 0.25) is 0 Å². The first-order chi connectivity index (χ1) is 8.75. The number of carbonyl (C=O) groups is 1. The molecule has 2 aromatic carbocycles. The highest BCUT2D eigenvalue weighted by atomic mass is 79.9. The molecule has 0 aromatic heterocycles. The Labute approximate surface area is 114 Å². The summed E-state index contributed by atoms with van der Waals surface area (Å²) in [5.41, 5.74) is 1.63. The molecular formula is C15H12BrNO. The Morgan fingerprint density at radius 3 is 2.33 bits per heavy atom. The van der Waals surface area contributed by atoms with Gasteiger partial charge in [0.05, 0.1) is 0 Å². The molecule has 18 heavy (non-hydrogen) atoms. The minimum absolute atomic E-state index is 0.0223. The van der Waals surface area contributed by atoms with Crippen molar-refractivity contribution in [1.82, 2.24) is 0 Å². The number of halogens is 1. The smallest absolute Gasteiger partial charge is 0.187 e. The van der Waals surface area contributed by atoms with Gasteiger partial charge in [0.25, 0.3) is 0 Å². The van der Waals surface area contributed by atoms with Gasteiger partial charge in [-0.15, -0.1) is 0 Å². The molecule has 90 valence electrons. The first-order valence-corrected chi connectivity index (χ1v) is 6.33. The van der Waals surface area contributed by atoms with Gasteiger partial charge in [-0.25, -0.2) is 0 Å². The van der Waals surface area contributed by atoms with Crippen molar-refractivity contribution in [3.8, 4) is 0 Å². The van der Waals surface area contributed by atoms with Gasteiger partial charge >= 0.3 is 0 Å². The normalized spacial score (nSPS) is 10.5. The second kappa shape index (κ2) is 6.17. The number of rotatable bonds is 4. The Morgan fingerprint density at radius 2 is 1.67 bits per heavy atom. The molecule has 0 aliphatic heterocycles. The molecule has 0 bridgehead atoms. The van der Waals surface area contributed by atoms with Gasteiger partial charge in [0.1, 0.15) is 0 Å². The first kappa shape index (κ1) is 12.6. The lowest BCUT2D eigenvalue weighted by Crippen LogP contribution is -1.95. The number of hydrogen-bond acceptors (Lipinski definition) is 2. The van der Waals surface area contributed by atoms with Crippen LogP contribution in [0.4, 0.5) is 5.69 Å². The maximum Gasteiger partial charge on any atom is 0.187 e. The summed E-state index contributed by atoms with van der Waals surface area (Å²) in [7, 11) is 0. The minimum atomic E-state index is -0.0223. The van der Waals surface area contributed by atoms with Gasteiger partial charge in [-0.2, -0.15) is 0 Å². The lowest BCUT2D eigenvalue weighted by molar-refractivity contribution is 0.104. The molecule has 0 heterocycles. The number of ketones is 1. The largest absolute Gasteiger partial charge is 0.362 e. The van der Waals surface area contributed by atoms with Crippen LogP contribution in [0.1, 0.15) is 10.4 Å². The molecule has 2 aromatic rings. The summed E-state index contributed by atoms with van der Waals surface area (Å²) in [4.78, 5) is 11.8. The van der Waals surface area contributed by atoms with Crippen LogP contribution in [-0.4, -0.2) is 5.78 Å². The van der Waals surface area contributed by atoms with E-state index in [4.69, 9.17) is 0 Å². The number of allylic oxidation sites excluding steroid dienone is 1. The monoisotopic (exact) mass is 301 g/mol. The summed E-state index contributed by atoms with van der Waals surface area (Å²) in [6.07, 6.45) is 3.18. The summed E-state index contributed by atoms with van der Waals surface area (Å²) < 4.78 is 0.963. The quantitative estimate of drug-likeness (QED) is 0.675. The summed E-state index contributed by atoms with van der Waals surface area (Å²) in [5, 5.41) is 3.05. The predicted molar refractivity (Wildman–Crippen MR) is 77.7 cm³/mol. The number of hydrogen-bond donors (Lipinski definition) is 1. The van der Waals surface area contributed by atoms with Crippen molar-refractivity contribution in [3.63, 3.8) is 0 Å². The zero-order valence-corrected chi connectivity index (χ0v) is 11.2. The lowest BCUT2D eigenvalue weighted by atomic mass is 10.1. The van der Waals surface area contributed by atoms with Crippen molar-refractivity contribution in [1.29, 1.82) is 0 Å². The fraction of sp³-hybridized carbons (Fsp3) is 0. The Balaban J connectivity index is 1.97. The molecule has 2 nitrogen and oxygen atoms in total. The van der Waals surface area contributed by atoms with Crippen molar-refractivity contribution in [3.05, 3.63) is 76.9 Å². The third kappa shape index (κ3) is 3.57. The molecule has 0 atom stereocenters. The number of carbonyl (C=O) groups excluding carboxylic acids is 1. The fourth-order valence-corrected chi connectivity index (χ4v) is 1.72. The third-order valence-electron chi connectivity index (χ3n) is 2.39. The molecular weight excluding hydrogens is 290 g/mol. The van der Waals surface area contributed by atoms with Crippen LogP contribution in [0.15, 0.2) is 71.3 Å². The Morgan fingerprint density at radius 1 is 1.00 bits per heavy atom. The van der Waals surface area contributed by atoms with E-state index in [1.807, 2.05) is 42.5 Å². The summed E-state index contributed by atoms with van der Waals surface area (Å²) in [6.45, 7) is 0. The van der Waals surface area contributed by atoms with Crippen LogP contribution in [-0.2, 0) is 0 Å². The average molecular weight is 302 g/mol. The van der Waals surface area contributed by atoms with Gasteiger partial charge in [-0.05, 0) is 36.4 Å². The number of nitrogens with one attached hydrogen (secondary N) is 1. The van der Waals surface area contributed by atoms with Crippen molar-refractivity contribution in [2.75, 3.05) is 5.32 Å². The van der Waals surface area contributed by atoms with E-state index in [1.54, 1.807) is 18.3 Å². The van der Waals surface area contributed by atoms with Gasteiger partial charge in [-0.3, -0.25) is 4.79 Å². The van der Waals surface area contributed by atoms with Crippen LogP contribution in [0.3, 0.4) is 0 Å². The maximum atomic E-state index is 11.8. The van der Waals surface area contributed by atoms with Crippen LogP contribution >= 0.6 is 15.9 Å². The molecule has 0 saturated carbocycles. The number of anilines is 1. The highest BCUT2D eigenvalue weighted by Crippen LogP contribution is 2.11. The Bertz CT molecular complexity index is 546. The van der Waals surface area contributed by atoms with E-state index in [1.165, 1.54) is 6.08 Å². The van der Waals surface area contributed by atoms with Crippen molar-refractivity contribution < 1.29 is 4.79 Å².